The number of rotatable bonds is 8. The molecule has 0 fully saturated rings. The normalized spacial score (nSPS) is 10.8. The van der Waals surface area contributed by atoms with Crippen LogP contribution in [0.25, 0.3) is 0 Å². The molecule has 0 saturated carbocycles. The number of methoxy groups -OCH3 is 2. The second-order valence-electron chi connectivity index (χ2n) is 5.55. The Labute approximate surface area is 174 Å². The van der Waals surface area contributed by atoms with E-state index in [1.54, 1.807) is 37.8 Å². The fourth-order valence-corrected chi connectivity index (χ4v) is 3.90. The van der Waals surface area contributed by atoms with Crippen molar-refractivity contribution in [2.24, 2.45) is 5.10 Å². The molecule has 0 spiro atoms. The van der Waals surface area contributed by atoms with Crippen LogP contribution in [0.2, 0.25) is 0 Å². The molecule has 11 heteroatoms. The standard InChI is InChI=1S/C18H17N5O4S2/c1-26-13-4-5-14(27-2)16(8-13)29-15-6-3-12(23(24)25)7-11(15)9-20-22-18-21-17(19)10-28-18/h3-10H,19H2,1-2H3,(H,21,22). The van der Waals surface area contributed by atoms with E-state index in [1.807, 2.05) is 6.07 Å². The van der Waals surface area contributed by atoms with Gasteiger partial charge in [-0.05, 0) is 24.3 Å². The van der Waals surface area contributed by atoms with Crippen LogP contribution in [-0.2, 0) is 0 Å². The minimum absolute atomic E-state index is 0.0353. The number of anilines is 2. The number of nitrogens with one attached hydrogen (secondary N) is 1. The Bertz CT molecular complexity index is 1050. The van der Waals surface area contributed by atoms with E-state index in [2.05, 4.69) is 15.5 Å². The highest BCUT2D eigenvalue weighted by molar-refractivity contribution is 7.99. The molecule has 0 atom stereocenters. The molecule has 0 radical (unpaired) electrons. The van der Waals surface area contributed by atoms with Crippen molar-refractivity contribution in [2.45, 2.75) is 9.79 Å². The number of ether oxygens (including phenoxy) is 2. The average Bonchev–Trinajstić information content (AvgIpc) is 3.13. The number of hydrogen-bond acceptors (Lipinski definition) is 10. The molecule has 0 bridgehead atoms. The van der Waals surface area contributed by atoms with E-state index >= 15 is 0 Å². The predicted octanol–water partition coefficient (Wildman–Crippen LogP) is 4.25. The maximum absolute atomic E-state index is 11.2. The van der Waals surface area contributed by atoms with Crippen LogP contribution < -0.4 is 20.6 Å². The van der Waals surface area contributed by atoms with E-state index in [-0.39, 0.29) is 5.69 Å². The van der Waals surface area contributed by atoms with Gasteiger partial charge in [-0.1, -0.05) is 11.8 Å². The summed E-state index contributed by atoms with van der Waals surface area (Å²) in [5, 5.41) is 17.5. The Morgan fingerprint density at radius 3 is 2.72 bits per heavy atom. The van der Waals surface area contributed by atoms with E-state index < -0.39 is 4.92 Å². The molecule has 0 saturated heterocycles. The highest BCUT2D eigenvalue weighted by atomic mass is 32.2. The van der Waals surface area contributed by atoms with Crippen LogP contribution in [0.4, 0.5) is 16.6 Å². The molecule has 3 N–H and O–H groups in total. The van der Waals surface area contributed by atoms with Crippen molar-refractivity contribution < 1.29 is 14.4 Å². The lowest BCUT2D eigenvalue weighted by Crippen LogP contribution is -1.96. The maximum Gasteiger partial charge on any atom is 0.270 e. The maximum atomic E-state index is 11.2. The van der Waals surface area contributed by atoms with Gasteiger partial charge in [0.05, 0.1) is 30.3 Å². The second kappa shape index (κ2) is 9.26. The molecule has 1 aromatic heterocycles. The number of non-ortho nitro benzene ring substituents is 1. The number of benzene rings is 2. The van der Waals surface area contributed by atoms with E-state index in [1.165, 1.54) is 41.4 Å². The summed E-state index contributed by atoms with van der Waals surface area (Å²) in [5.74, 6) is 1.73. The lowest BCUT2D eigenvalue weighted by Gasteiger charge is -2.11. The van der Waals surface area contributed by atoms with Crippen molar-refractivity contribution >= 4 is 46.0 Å². The summed E-state index contributed by atoms with van der Waals surface area (Å²) in [4.78, 5) is 16.3. The third kappa shape index (κ3) is 5.15. The summed E-state index contributed by atoms with van der Waals surface area (Å²) in [6, 6.07) is 10.0. The molecular weight excluding hydrogens is 414 g/mol. The van der Waals surface area contributed by atoms with Crippen molar-refractivity contribution in [3.63, 3.8) is 0 Å². The van der Waals surface area contributed by atoms with Gasteiger partial charge in [0.15, 0.2) is 0 Å². The molecular formula is C18H17N5O4S2. The minimum Gasteiger partial charge on any atom is -0.497 e. The Morgan fingerprint density at radius 1 is 1.24 bits per heavy atom. The Kier molecular flexibility index (Phi) is 6.52. The van der Waals surface area contributed by atoms with Crippen LogP contribution in [0.15, 0.2) is 56.7 Å². The smallest absolute Gasteiger partial charge is 0.270 e. The molecule has 29 heavy (non-hydrogen) atoms. The minimum atomic E-state index is -0.452. The van der Waals surface area contributed by atoms with Gasteiger partial charge in [0.25, 0.3) is 5.69 Å². The molecule has 2 aromatic carbocycles. The first-order valence-corrected chi connectivity index (χ1v) is 9.88. The first-order chi connectivity index (χ1) is 14.0. The monoisotopic (exact) mass is 431 g/mol. The number of hydrogen-bond donors (Lipinski definition) is 2. The Balaban J connectivity index is 1.92. The van der Waals surface area contributed by atoms with Crippen LogP contribution in [-0.4, -0.2) is 30.3 Å². The number of nitrogens with two attached hydrogens (primary N) is 1. The summed E-state index contributed by atoms with van der Waals surface area (Å²) in [6.07, 6.45) is 1.50. The third-order valence-corrected chi connectivity index (χ3v) is 5.58. The van der Waals surface area contributed by atoms with Gasteiger partial charge in [-0.2, -0.15) is 5.10 Å². The van der Waals surface area contributed by atoms with Crippen molar-refractivity contribution in [3.8, 4) is 11.5 Å². The largest absolute Gasteiger partial charge is 0.497 e. The number of thiazole rings is 1. The summed E-state index contributed by atoms with van der Waals surface area (Å²) >= 11 is 2.69. The molecule has 0 amide bonds. The van der Waals surface area contributed by atoms with Gasteiger partial charge in [-0.25, -0.2) is 4.98 Å². The third-order valence-electron chi connectivity index (χ3n) is 3.68. The van der Waals surface area contributed by atoms with Gasteiger partial charge in [0, 0.05) is 28.0 Å². The van der Waals surface area contributed by atoms with Crippen molar-refractivity contribution in [1.82, 2.24) is 4.98 Å². The second-order valence-corrected chi connectivity index (χ2v) is 7.49. The van der Waals surface area contributed by atoms with Gasteiger partial charge in [0.2, 0.25) is 5.13 Å². The first-order valence-electron chi connectivity index (χ1n) is 8.18. The average molecular weight is 431 g/mol. The molecule has 0 aliphatic heterocycles. The van der Waals surface area contributed by atoms with Gasteiger partial charge < -0.3 is 15.2 Å². The van der Waals surface area contributed by atoms with E-state index in [0.29, 0.717) is 28.0 Å². The molecule has 3 rings (SSSR count). The molecule has 9 nitrogen and oxygen atoms in total. The number of nitro groups is 1. The zero-order valence-electron chi connectivity index (χ0n) is 15.5. The SMILES string of the molecule is COc1ccc(OC)c(Sc2ccc([N+](=O)[O-])cc2C=NNc2nc(N)cs2)c1. The molecule has 150 valence electrons. The molecule has 0 aliphatic rings. The first kappa shape index (κ1) is 20.4. The number of hydrazone groups is 1. The summed E-state index contributed by atoms with van der Waals surface area (Å²) < 4.78 is 10.7. The number of nitrogen functional groups attached to an aromatic ring is 1. The van der Waals surface area contributed by atoms with Crippen molar-refractivity contribution in [2.75, 3.05) is 25.4 Å². The van der Waals surface area contributed by atoms with Crippen molar-refractivity contribution in [1.29, 1.82) is 0 Å². The highest BCUT2D eigenvalue weighted by Crippen LogP contribution is 2.39. The molecule has 0 aliphatic carbocycles. The zero-order chi connectivity index (χ0) is 20.8. The summed E-state index contributed by atoms with van der Waals surface area (Å²) in [5.41, 5.74) is 8.88. The number of aromatic nitrogens is 1. The van der Waals surface area contributed by atoms with Crippen LogP contribution in [0.5, 0.6) is 11.5 Å². The predicted molar refractivity (Wildman–Crippen MR) is 115 cm³/mol. The fourth-order valence-electron chi connectivity index (χ4n) is 2.32. The van der Waals surface area contributed by atoms with E-state index in [4.69, 9.17) is 15.2 Å². The van der Waals surface area contributed by atoms with Crippen LogP contribution in [0, 0.1) is 10.1 Å². The lowest BCUT2D eigenvalue weighted by molar-refractivity contribution is -0.384. The molecule has 3 aromatic rings. The van der Waals surface area contributed by atoms with Crippen LogP contribution >= 0.6 is 23.1 Å². The van der Waals surface area contributed by atoms with Crippen LogP contribution in [0.1, 0.15) is 5.56 Å². The van der Waals surface area contributed by atoms with E-state index in [0.717, 1.165) is 9.79 Å². The van der Waals surface area contributed by atoms with Gasteiger partial charge >= 0.3 is 0 Å². The molecule has 1 heterocycles. The summed E-state index contributed by atoms with van der Waals surface area (Å²) in [6.45, 7) is 0. The van der Waals surface area contributed by atoms with Gasteiger partial charge in [-0.3, -0.25) is 15.5 Å². The summed E-state index contributed by atoms with van der Waals surface area (Å²) in [7, 11) is 3.16. The van der Waals surface area contributed by atoms with Crippen molar-refractivity contribution in [3.05, 3.63) is 57.5 Å². The number of nitro benzene ring substituents is 1. The fraction of sp³-hybridized carbons (Fsp3) is 0.111. The Morgan fingerprint density at radius 2 is 2.07 bits per heavy atom. The Hall–Kier alpha value is -3.31. The van der Waals surface area contributed by atoms with E-state index in [9.17, 15) is 10.1 Å². The van der Waals surface area contributed by atoms with Gasteiger partial charge in [-0.15, -0.1) is 11.3 Å². The topological polar surface area (TPSA) is 125 Å². The van der Waals surface area contributed by atoms with Crippen LogP contribution in [0.3, 0.4) is 0 Å². The zero-order valence-corrected chi connectivity index (χ0v) is 17.1. The quantitative estimate of drug-likeness (QED) is 0.308. The number of nitrogens with zero attached hydrogens (tertiary/aromatic N) is 3. The highest BCUT2D eigenvalue weighted by Gasteiger charge is 2.14. The molecule has 0 unspecified atom stereocenters. The lowest BCUT2D eigenvalue weighted by atomic mass is 10.2. The van der Waals surface area contributed by atoms with Gasteiger partial charge in [0.1, 0.15) is 17.3 Å².